The van der Waals surface area contributed by atoms with E-state index in [1.807, 2.05) is 30.6 Å². The van der Waals surface area contributed by atoms with Crippen molar-refractivity contribution < 1.29 is 9.18 Å². The van der Waals surface area contributed by atoms with Gasteiger partial charge >= 0.3 is 0 Å². The van der Waals surface area contributed by atoms with Gasteiger partial charge in [0.1, 0.15) is 5.82 Å². The van der Waals surface area contributed by atoms with Gasteiger partial charge in [-0.3, -0.25) is 24.8 Å². The lowest BCUT2D eigenvalue weighted by Crippen LogP contribution is -2.29. The van der Waals surface area contributed by atoms with Crippen LogP contribution in [0.25, 0.3) is 33.3 Å². The lowest BCUT2D eigenvalue weighted by molar-refractivity contribution is 0.102. The molecule has 1 saturated heterocycles. The van der Waals surface area contributed by atoms with Crippen molar-refractivity contribution in [3.8, 4) is 22.4 Å². The van der Waals surface area contributed by atoms with Crippen LogP contribution < -0.4 is 10.2 Å². The third-order valence-electron chi connectivity index (χ3n) is 6.62. The Labute approximate surface area is 212 Å². The molecule has 0 saturated carbocycles. The van der Waals surface area contributed by atoms with Gasteiger partial charge in [0.25, 0.3) is 5.91 Å². The highest BCUT2D eigenvalue weighted by Gasteiger charge is 2.17. The van der Waals surface area contributed by atoms with E-state index in [0.29, 0.717) is 22.3 Å². The van der Waals surface area contributed by atoms with Crippen LogP contribution in [0.3, 0.4) is 0 Å². The number of fused-ring (bicyclic) bond motifs is 1. The number of piperidine rings is 1. The zero-order valence-electron chi connectivity index (χ0n) is 20.0. The zero-order valence-corrected chi connectivity index (χ0v) is 20.0. The van der Waals surface area contributed by atoms with Crippen molar-refractivity contribution >= 4 is 28.2 Å². The first-order valence-corrected chi connectivity index (χ1v) is 12.2. The van der Waals surface area contributed by atoms with E-state index < -0.39 is 5.82 Å². The van der Waals surface area contributed by atoms with Gasteiger partial charge in [0, 0.05) is 42.6 Å². The molecule has 0 unspecified atom stereocenters. The molecular formula is C28H24FN7O. The molecule has 8 nitrogen and oxygen atoms in total. The van der Waals surface area contributed by atoms with Gasteiger partial charge in [-0.25, -0.2) is 4.39 Å². The first-order chi connectivity index (χ1) is 18.2. The fourth-order valence-corrected chi connectivity index (χ4v) is 4.66. The van der Waals surface area contributed by atoms with E-state index in [1.165, 1.54) is 43.9 Å². The van der Waals surface area contributed by atoms with Crippen LogP contribution in [0, 0.1) is 5.82 Å². The maximum atomic E-state index is 14.0. The summed E-state index contributed by atoms with van der Waals surface area (Å²) in [7, 11) is 0. The van der Waals surface area contributed by atoms with Crippen molar-refractivity contribution in [1.29, 1.82) is 0 Å². The number of benzene rings is 1. The highest BCUT2D eigenvalue weighted by atomic mass is 19.1. The zero-order chi connectivity index (χ0) is 25.2. The molecule has 2 N–H and O–H groups in total. The van der Waals surface area contributed by atoms with Crippen LogP contribution in [0.2, 0.25) is 0 Å². The van der Waals surface area contributed by atoms with Gasteiger partial charge in [0.05, 0.1) is 40.5 Å². The van der Waals surface area contributed by atoms with Crippen molar-refractivity contribution in [3.05, 3.63) is 85.0 Å². The molecule has 0 aliphatic carbocycles. The molecular weight excluding hydrogens is 469 g/mol. The Balaban J connectivity index is 1.24. The number of nitrogens with one attached hydrogen (secondary N) is 2. The minimum absolute atomic E-state index is 0.277. The Morgan fingerprint density at radius 2 is 1.81 bits per heavy atom. The molecule has 0 atom stereocenters. The van der Waals surface area contributed by atoms with Crippen LogP contribution in [0.5, 0.6) is 0 Å². The lowest BCUT2D eigenvalue weighted by Gasteiger charge is -2.28. The fraction of sp³-hybridized carbons (Fsp3) is 0.179. The van der Waals surface area contributed by atoms with Gasteiger partial charge in [-0.2, -0.15) is 5.10 Å². The normalized spacial score (nSPS) is 13.6. The summed E-state index contributed by atoms with van der Waals surface area (Å²) < 4.78 is 14.0. The van der Waals surface area contributed by atoms with Gasteiger partial charge in [-0.15, -0.1) is 0 Å². The molecule has 184 valence electrons. The van der Waals surface area contributed by atoms with Crippen molar-refractivity contribution in [2.24, 2.45) is 0 Å². The predicted molar refractivity (Wildman–Crippen MR) is 141 cm³/mol. The maximum absolute atomic E-state index is 14.0. The minimum Gasteiger partial charge on any atom is -0.370 e. The minimum atomic E-state index is -0.408. The average molecular weight is 494 g/mol. The largest absolute Gasteiger partial charge is 0.370 e. The number of nitrogens with zero attached hydrogens (tertiary/aromatic N) is 5. The fourth-order valence-electron chi connectivity index (χ4n) is 4.66. The third kappa shape index (κ3) is 4.63. The number of H-pyrrole nitrogens is 1. The number of aromatic amines is 1. The van der Waals surface area contributed by atoms with E-state index >= 15 is 0 Å². The van der Waals surface area contributed by atoms with Crippen LogP contribution in [0.15, 0.2) is 73.4 Å². The number of carbonyl (C=O) groups is 1. The molecule has 1 amide bonds. The number of aromatic nitrogens is 5. The number of anilines is 2. The summed E-state index contributed by atoms with van der Waals surface area (Å²) in [5.74, 6) is -0.777. The second kappa shape index (κ2) is 9.77. The molecule has 1 aliphatic heterocycles. The van der Waals surface area contributed by atoms with E-state index in [4.69, 9.17) is 0 Å². The first-order valence-electron chi connectivity index (χ1n) is 12.2. The second-order valence-corrected chi connectivity index (χ2v) is 9.05. The standard InChI is InChI=1S/C28H24FN7O/c29-24-8-9-30-17-23(24)25-7-5-20(15-32-25)33-28(37)27-22-13-18(4-6-26(22)34-35-27)19-12-21(16-31-14-19)36-10-2-1-3-11-36/h4-9,12-17H,1-3,10-11H2,(H,33,37)(H,34,35). The number of pyridine rings is 3. The number of halogens is 1. The summed E-state index contributed by atoms with van der Waals surface area (Å²) in [5, 5.41) is 10.7. The number of carbonyl (C=O) groups excluding carboxylic acids is 1. The number of hydrogen-bond donors (Lipinski definition) is 2. The number of hydrogen-bond acceptors (Lipinski definition) is 6. The Bertz CT molecular complexity index is 1580. The van der Waals surface area contributed by atoms with Crippen LogP contribution in [-0.4, -0.2) is 44.1 Å². The monoisotopic (exact) mass is 493 g/mol. The smallest absolute Gasteiger partial charge is 0.276 e. The van der Waals surface area contributed by atoms with Gasteiger partial charge in [-0.1, -0.05) is 6.07 Å². The molecule has 37 heavy (non-hydrogen) atoms. The van der Waals surface area contributed by atoms with Gasteiger partial charge in [-0.05, 0) is 61.2 Å². The van der Waals surface area contributed by atoms with Crippen molar-refractivity contribution in [1.82, 2.24) is 25.1 Å². The van der Waals surface area contributed by atoms with E-state index in [9.17, 15) is 9.18 Å². The average Bonchev–Trinajstić information content (AvgIpc) is 3.38. The molecule has 1 aromatic carbocycles. The molecule has 5 heterocycles. The number of amides is 1. The van der Waals surface area contributed by atoms with Crippen LogP contribution in [-0.2, 0) is 0 Å². The van der Waals surface area contributed by atoms with Crippen molar-refractivity contribution in [2.45, 2.75) is 19.3 Å². The molecule has 5 aromatic rings. The summed E-state index contributed by atoms with van der Waals surface area (Å²) in [6, 6.07) is 12.6. The molecule has 1 aliphatic rings. The van der Waals surface area contributed by atoms with E-state index in [-0.39, 0.29) is 11.6 Å². The first kappa shape index (κ1) is 22.8. The number of rotatable bonds is 5. The lowest BCUT2D eigenvalue weighted by atomic mass is 10.0. The van der Waals surface area contributed by atoms with Crippen LogP contribution >= 0.6 is 0 Å². The van der Waals surface area contributed by atoms with Gasteiger partial charge < -0.3 is 10.2 Å². The van der Waals surface area contributed by atoms with Crippen molar-refractivity contribution in [2.75, 3.05) is 23.3 Å². The van der Waals surface area contributed by atoms with Gasteiger partial charge in [0.15, 0.2) is 5.69 Å². The highest BCUT2D eigenvalue weighted by molar-refractivity contribution is 6.11. The summed E-state index contributed by atoms with van der Waals surface area (Å²) in [6.45, 7) is 2.09. The summed E-state index contributed by atoms with van der Waals surface area (Å²) in [5.41, 5.74) is 5.30. The molecule has 0 bridgehead atoms. The quantitative estimate of drug-likeness (QED) is 0.337. The maximum Gasteiger partial charge on any atom is 0.276 e. The molecule has 0 radical (unpaired) electrons. The molecule has 4 aromatic heterocycles. The van der Waals surface area contributed by atoms with E-state index in [0.717, 1.165) is 35.4 Å². The Kier molecular flexibility index (Phi) is 6.02. The summed E-state index contributed by atoms with van der Waals surface area (Å²) in [4.78, 5) is 28.2. The Morgan fingerprint density at radius 3 is 2.62 bits per heavy atom. The Hall–Kier alpha value is -4.66. The van der Waals surface area contributed by atoms with Crippen LogP contribution in [0.4, 0.5) is 15.8 Å². The predicted octanol–water partition coefficient (Wildman–Crippen LogP) is 5.46. The summed E-state index contributed by atoms with van der Waals surface area (Å²) in [6.07, 6.45) is 11.7. The third-order valence-corrected chi connectivity index (χ3v) is 6.62. The van der Waals surface area contributed by atoms with Gasteiger partial charge in [0.2, 0.25) is 0 Å². The SMILES string of the molecule is O=C(Nc1ccc(-c2cnccc2F)nc1)c1n[nH]c2ccc(-c3cncc(N4CCCCC4)c3)cc12. The topological polar surface area (TPSA) is 99.7 Å². The molecule has 0 spiro atoms. The molecule has 1 fully saturated rings. The van der Waals surface area contributed by atoms with E-state index in [1.54, 1.807) is 12.1 Å². The Morgan fingerprint density at radius 1 is 0.919 bits per heavy atom. The van der Waals surface area contributed by atoms with Crippen LogP contribution in [0.1, 0.15) is 29.8 Å². The van der Waals surface area contributed by atoms with Crippen molar-refractivity contribution in [3.63, 3.8) is 0 Å². The molecule has 6 rings (SSSR count). The summed E-state index contributed by atoms with van der Waals surface area (Å²) >= 11 is 0. The highest BCUT2D eigenvalue weighted by Crippen LogP contribution is 2.29. The molecule has 9 heteroatoms. The van der Waals surface area contributed by atoms with E-state index in [2.05, 4.69) is 41.4 Å². The second-order valence-electron chi connectivity index (χ2n) is 9.05.